The first-order valence-corrected chi connectivity index (χ1v) is 7.66. The largest absolute Gasteiger partial charge is 0.368 e. The quantitative estimate of drug-likeness (QED) is 0.780. The number of nitrogens with zero attached hydrogens (tertiary/aromatic N) is 4. The molecule has 0 N–H and O–H groups in total. The van der Waals surface area contributed by atoms with E-state index in [0.717, 1.165) is 17.2 Å². The van der Waals surface area contributed by atoms with Crippen molar-refractivity contribution in [3.8, 4) is 0 Å². The van der Waals surface area contributed by atoms with Gasteiger partial charge >= 0.3 is 0 Å². The molecule has 3 rings (SSSR count). The maximum absolute atomic E-state index is 11.4. The summed E-state index contributed by atoms with van der Waals surface area (Å²) >= 11 is 0. The van der Waals surface area contributed by atoms with Crippen LogP contribution >= 0.6 is 0 Å². The molecule has 96 valence electrons. The number of fused-ring (bicyclic) bond motifs is 1. The Labute approximate surface area is 105 Å². The van der Waals surface area contributed by atoms with Gasteiger partial charge in [0.25, 0.3) is 0 Å². The van der Waals surface area contributed by atoms with Gasteiger partial charge in [0.1, 0.15) is 5.82 Å². The van der Waals surface area contributed by atoms with Gasteiger partial charge in [-0.05, 0) is 19.1 Å². The molecule has 0 spiro atoms. The zero-order valence-corrected chi connectivity index (χ0v) is 11.1. The molecule has 0 unspecified atom stereocenters. The van der Waals surface area contributed by atoms with Gasteiger partial charge in [-0.2, -0.15) is 5.10 Å². The van der Waals surface area contributed by atoms with Crippen molar-refractivity contribution in [1.82, 2.24) is 14.6 Å². The molecule has 0 aliphatic carbocycles. The molecule has 2 aromatic heterocycles. The number of pyridine rings is 1. The number of aromatic nitrogens is 3. The maximum atomic E-state index is 11.4. The summed E-state index contributed by atoms with van der Waals surface area (Å²) in [5.41, 5.74) is 1.78. The summed E-state index contributed by atoms with van der Waals surface area (Å²) in [6, 6.07) is 3.84. The monoisotopic (exact) mass is 266 g/mol. The van der Waals surface area contributed by atoms with Crippen LogP contribution in [0, 0.1) is 6.92 Å². The maximum Gasteiger partial charge on any atom is 0.155 e. The van der Waals surface area contributed by atoms with Gasteiger partial charge in [-0.25, -0.2) is 17.9 Å². The minimum absolute atomic E-state index is 0.245. The average Bonchev–Trinajstić information content (AvgIpc) is 2.52. The van der Waals surface area contributed by atoms with Crippen LogP contribution in [0.1, 0.15) is 5.82 Å². The lowest BCUT2D eigenvalue weighted by Gasteiger charge is -2.39. The molecular weight excluding hydrogens is 252 g/mol. The van der Waals surface area contributed by atoms with Gasteiger partial charge < -0.3 is 4.90 Å². The van der Waals surface area contributed by atoms with E-state index in [1.54, 1.807) is 4.52 Å². The van der Waals surface area contributed by atoms with Gasteiger partial charge in [-0.3, -0.25) is 0 Å². The molecule has 0 bridgehead atoms. The highest BCUT2D eigenvalue weighted by molar-refractivity contribution is 7.91. The molecule has 0 saturated carbocycles. The number of anilines is 1. The summed E-state index contributed by atoms with van der Waals surface area (Å²) in [6.07, 6.45) is 3.17. The average molecular weight is 266 g/mol. The van der Waals surface area contributed by atoms with Crippen molar-refractivity contribution in [2.24, 2.45) is 0 Å². The third kappa shape index (κ3) is 1.84. The van der Waals surface area contributed by atoms with E-state index in [0.29, 0.717) is 13.1 Å². The SMILES string of the molecule is Cc1nc2ccc(N3CC(S(C)(=O)=O)C3)cn2n1. The van der Waals surface area contributed by atoms with Crippen molar-refractivity contribution >= 4 is 21.2 Å². The Morgan fingerprint density at radius 1 is 1.33 bits per heavy atom. The summed E-state index contributed by atoms with van der Waals surface area (Å²) in [5.74, 6) is 0.727. The fraction of sp³-hybridized carbons (Fsp3) is 0.455. The minimum atomic E-state index is -2.92. The van der Waals surface area contributed by atoms with Crippen molar-refractivity contribution in [3.05, 3.63) is 24.2 Å². The molecule has 0 aromatic carbocycles. The van der Waals surface area contributed by atoms with Crippen molar-refractivity contribution in [1.29, 1.82) is 0 Å². The van der Waals surface area contributed by atoms with Crippen LogP contribution in [0.25, 0.3) is 5.65 Å². The summed E-state index contributed by atoms with van der Waals surface area (Å²) in [7, 11) is -2.92. The molecule has 3 heterocycles. The second-order valence-electron chi connectivity index (χ2n) is 4.71. The lowest BCUT2D eigenvalue weighted by molar-refractivity contribution is 0.546. The Morgan fingerprint density at radius 2 is 2.06 bits per heavy atom. The Bertz CT molecular complexity index is 701. The molecule has 0 radical (unpaired) electrons. The lowest BCUT2D eigenvalue weighted by atomic mass is 10.2. The van der Waals surface area contributed by atoms with E-state index >= 15 is 0 Å². The number of hydrogen-bond acceptors (Lipinski definition) is 5. The Balaban J connectivity index is 1.84. The molecule has 0 atom stereocenters. The fourth-order valence-corrected chi connectivity index (χ4v) is 2.99. The van der Waals surface area contributed by atoms with Crippen LogP contribution in [0.2, 0.25) is 0 Å². The second-order valence-corrected chi connectivity index (χ2v) is 7.03. The molecule has 1 saturated heterocycles. The van der Waals surface area contributed by atoms with Gasteiger partial charge in [-0.1, -0.05) is 0 Å². The van der Waals surface area contributed by atoms with E-state index in [1.807, 2.05) is 30.2 Å². The highest BCUT2D eigenvalue weighted by Crippen LogP contribution is 2.24. The smallest absolute Gasteiger partial charge is 0.155 e. The third-order valence-corrected chi connectivity index (χ3v) is 4.75. The van der Waals surface area contributed by atoms with Crippen LogP contribution in [0.4, 0.5) is 5.69 Å². The van der Waals surface area contributed by atoms with Crippen molar-refractivity contribution < 1.29 is 8.42 Å². The van der Waals surface area contributed by atoms with Gasteiger partial charge in [0.2, 0.25) is 0 Å². The number of hydrogen-bond donors (Lipinski definition) is 0. The highest BCUT2D eigenvalue weighted by atomic mass is 32.2. The lowest BCUT2D eigenvalue weighted by Crippen LogP contribution is -2.54. The molecule has 0 amide bonds. The first-order valence-electron chi connectivity index (χ1n) is 5.70. The summed E-state index contributed by atoms with van der Waals surface area (Å²) in [6.45, 7) is 2.95. The summed E-state index contributed by atoms with van der Waals surface area (Å²) < 4.78 is 24.4. The van der Waals surface area contributed by atoms with Gasteiger partial charge in [0.15, 0.2) is 15.5 Å². The Kier molecular flexibility index (Phi) is 2.34. The van der Waals surface area contributed by atoms with Gasteiger partial charge in [0, 0.05) is 19.3 Å². The Morgan fingerprint density at radius 3 is 2.72 bits per heavy atom. The molecule has 2 aromatic rings. The number of sulfone groups is 1. The fourth-order valence-electron chi connectivity index (χ4n) is 2.09. The molecule has 7 heteroatoms. The van der Waals surface area contributed by atoms with Crippen LogP contribution in [0.5, 0.6) is 0 Å². The topological polar surface area (TPSA) is 67.6 Å². The van der Waals surface area contributed by atoms with Gasteiger partial charge in [-0.15, -0.1) is 0 Å². The van der Waals surface area contributed by atoms with E-state index in [9.17, 15) is 8.42 Å². The van der Waals surface area contributed by atoms with Crippen LogP contribution < -0.4 is 4.90 Å². The van der Waals surface area contributed by atoms with Crippen molar-refractivity contribution in [2.75, 3.05) is 24.2 Å². The molecule has 18 heavy (non-hydrogen) atoms. The summed E-state index contributed by atoms with van der Waals surface area (Å²) in [5, 5.41) is 4.00. The zero-order chi connectivity index (χ0) is 12.9. The van der Waals surface area contributed by atoms with Crippen LogP contribution in [0.3, 0.4) is 0 Å². The van der Waals surface area contributed by atoms with E-state index in [2.05, 4.69) is 10.1 Å². The number of rotatable bonds is 2. The third-order valence-electron chi connectivity index (χ3n) is 3.24. The van der Waals surface area contributed by atoms with Crippen LogP contribution in [-0.2, 0) is 9.84 Å². The van der Waals surface area contributed by atoms with E-state index in [4.69, 9.17) is 0 Å². The first kappa shape index (κ1) is 11.5. The molecule has 1 fully saturated rings. The Hall–Kier alpha value is -1.63. The van der Waals surface area contributed by atoms with E-state index in [-0.39, 0.29) is 5.25 Å². The summed E-state index contributed by atoms with van der Waals surface area (Å²) in [4.78, 5) is 6.28. The molecular formula is C11H14N4O2S. The minimum Gasteiger partial charge on any atom is -0.368 e. The molecule has 1 aliphatic heterocycles. The van der Waals surface area contributed by atoms with Crippen LogP contribution in [-0.4, -0.2) is 47.6 Å². The van der Waals surface area contributed by atoms with Crippen molar-refractivity contribution in [3.63, 3.8) is 0 Å². The number of aryl methyl sites for hydroxylation is 1. The van der Waals surface area contributed by atoms with Crippen molar-refractivity contribution in [2.45, 2.75) is 12.2 Å². The predicted molar refractivity (Wildman–Crippen MR) is 68.6 cm³/mol. The van der Waals surface area contributed by atoms with E-state index < -0.39 is 9.84 Å². The van der Waals surface area contributed by atoms with Crippen LogP contribution in [0.15, 0.2) is 18.3 Å². The molecule has 1 aliphatic rings. The predicted octanol–water partition coefficient (Wildman–Crippen LogP) is 0.271. The van der Waals surface area contributed by atoms with E-state index in [1.165, 1.54) is 6.26 Å². The van der Waals surface area contributed by atoms with Gasteiger partial charge in [0.05, 0.1) is 17.1 Å². The molecule has 6 nitrogen and oxygen atoms in total. The first-order chi connectivity index (χ1) is 8.43. The normalized spacial score (nSPS) is 17.1. The second kappa shape index (κ2) is 3.68. The zero-order valence-electron chi connectivity index (χ0n) is 10.2. The standard InChI is InChI=1S/C11H14N4O2S/c1-8-12-11-4-3-9(5-15(11)13-8)14-6-10(7-14)18(2,16)17/h3-5,10H,6-7H2,1-2H3. The highest BCUT2D eigenvalue weighted by Gasteiger charge is 2.34.